The zero-order valence-electron chi connectivity index (χ0n) is 8.51. The number of benzene rings is 1. The van der Waals surface area contributed by atoms with Gasteiger partial charge >= 0.3 is 0 Å². The third kappa shape index (κ3) is 2.98. The lowest BCUT2D eigenvalue weighted by Gasteiger charge is -2.19. The Balaban J connectivity index is 3.03. The molecular formula is C11H13ClO3S. The summed E-state index contributed by atoms with van der Waals surface area (Å²) in [6.45, 7) is 0. The largest absolute Gasteiger partial charge is 0.390 e. The van der Waals surface area contributed by atoms with Crippen LogP contribution in [0.2, 0.25) is 5.02 Å². The maximum atomic E-state index is 10.8. The van der Waals surface area contributed by atoms with Crippen LogP contribution in [0.4, 0.5) is 0 Å². The van der Waals surface area contributed by atoms with Gasteiger partial charge in [-0.2, -0.15) is 12.6 Å². The van der Waals surface area contributed by atoms with E-state index in [0.717, 1.165) is 0 Å². The zero-order valence-corrected chi connectivity index (χ0v) is 10.2. The Bertz CT molecular complexity index is 370. The van der Waals surface area contributed by atoms with Gasteiger partial charge in [0.2, 0.25) is 0 Å². The fourth-order valence-electron chi connectivity index (χ4n) is 1.43. The molecule has 0 bridgehead atoms. The van der Waals surface area contributed by atoms with E-state index in [1.54, 1.807) is 18.2 Å². The molecule has 0 aliphatic rings. The summed E-state index contributed by atoms with van der Waals surface area (Å²) in [6, 6.07) is 4.76. The lowest BCUT2D eigenvalue weighted by molar-refractivity contribution is 0.0169. The smallest absolute Gasteiger partial charge is 0.151 e. The van der Waals surface area contributed by atoms with Crippen LogP contribution in [0.3, 0.4) is 0 Å². The second-order valence-electron chi connectivity index (χ2n) is 3.39. The maximum Gasteiger partial charge on any atom is 0.151 e. The van der Waals surface area contributed by atoms with Gasteiger partial charge in [0, 0.05) is 5.56 Å². The lowest BCUT2D eigenvalue weighted by Crippen LogP contribution is -2.20. The van der Waals surface area contributed by atoms with Crippen molar-refractivity contribution in [3.05, 3.63) is 34.3 Å². The first-order valence-corrected chi connectivity index (χ1v) is 5.83. The monoisotopic (exact) mass is 260 g/mol. The normalized spacial score (nSPS) is 14.5. The highest BCUT2D eigenvalue weighted by atomic mass is 35.5. The quantitative estimate of drug-likeness (QED) is 0.560. The van der Waals surface area contributed by atoms with Crippen molar-refractivity contribution >= 4 is 30.5 Å². The summed E-state index contributed by atoms with van der Waals surface area (Å²) in [5.74, 6) is 0.454. The van der Waals surface area contributed by atoms with Crippen molar-refractivity contribution in [1.82, 2.24) is 0 Å². The number of hydrogen-bond acceptors (Lipinski definition) is 4. The number of carbonyl (C=O) groups excluding carboxylic acids is 1. The Kier molecular flexibility index (Phi) is 5.28. The standard InChI is InChI=1S/C11H13ClO3S/c12-9-3-1-2-7(8(9)6-13)11(15)10(14)4-5-16/h1-3,6,10-11,14-16H,4-5H2. The predicted molar refractivity (Wildman–Crippen MR) is 66.3 cm³/mol. The van der Waals surface area contributed by atoms with Gasteiger partial charge in [-0.25, -0.2) is 0 Å². The van der Waals surface area contributed by atoms with Crippen molar-refractivity contribution < 1.29 is 15.0 Å². The number of halogens is 1. The average Bonchev–Trinajstić information content (AvgIpc) is 2.28. The second-order valence-corrected chi connectivity index (χ2v) is 4.24. The first-order valence-electron chi connectivity index (χ1n) is 4.82. The molecule has 0 fully saturated rings. The molecule has 0 saturated carbocycles. The van der Waals surface area contributed by atoms with Gasteiger partial charge in [-0.3, -0.25) is 4.79 Å². The molecule has 88 valence electrons. The van der Waals surface area contributed by atoms with Gasteiger partial charge in [0.25, 0.3) is 0 Å². The Labute approximate surface area is 104 Å². The van der Waals surface area contributed by atoms with E-state index in [2.05, 4.69) is 12.6 Å². The van der Waals surface area contributed by atoms with Gasteiger partial charge in [-0.1, -0.05) is 23.7 Å². The minimum Gasteiger partial charge on any atom is -0.390 e. The fraction of sp³-hybridized carbons (Fsp3) is 0.364. The molecule has 1 aromatic carbocycles. The summed E-state index contributed by atoms with van der Waals surface area (Å²) in [5.41, 5.74) is 0.562. The molecule has 0 aliphatic heterocycles. The van der Waals surface area contributed by atoms with Gasteiger partial charge in [-0.05, 0) is 23.8 Å². The molecule has 1 rings (SSSR count). The molecule has 0 spiro atoms. The van der Waals surface area contributed by atoms with E-state index >= 15 is 0 Å². The van der Waals surface area contributed by atoms with E-state index in [-0.39, 0.29) is 10.6 Å². The molecule has 0 radical (unpaired) electrons. The van der Waals surface area contributed by atoms with Gasteiger partial charge in [0.05, 0.1) is 11.1 Å². The fourth-order valence-corrected chi connectivity index (χ4v) is 1.92. The second kappa shape index (κ2) is 6.25. The minimum atomic E-state index is -1.12. The van der Waals surface area contributed by atoms with Crippen LogP contribution in [-0.2, 0) is 0 Å². The summed E-state index contributed by atoms with van der Waals surface area (Å²) in [4.78, 5) is 10.8. The molecule has 3 nitrogen and oxygen atoms in total. The molecule has 2 unspecified atom stereocenters. The number of aliphatic hydroxyl groups excluding tert-OH is 2. The lowest BCUT2D eigenvalue weighted by atomic mass is 9.98. The summed E-state index contributed by atoms with van der Waals surface area (Å²) < 4.78 is 0. The number of aliphatic hydroxyl groups is 2. The highest BCUT2D eigenvalue weighted by Gasteiger charge is 2.21. The van der Waals surface area contributed by atoms with Gasteiger partial charge in [-0.15, -0.1) is 0 Å². The number of aldehydes is 1. The summed E-state index contributed by atoms with van der Waals surface area (Å²) in [7, 11) is 0. The SMILES string of the molecule is O=Cc1c(Cl)cccc1C(O)C(O)CCS. The van der Waals surface area contributed by atoms with E-state index in [1.165, 1.54) is 0 Å². The Morgan fingerprint density at radius 3 is 2.69 bits per heavy atom. The van der Waals surface area contributed by atoms with E-state index in [0.29, 0.717) is 24.0 Å². The Morgan fingerprint density at radius 2 is 2.12 bits per heavy atom. The van der Waals surface area contributed by atoms with Crippen LogP contribution in [0.1, 0.15) is 28.4 Å². The van der Waals surface area contributed by atoms with Crippen LogP contribution in [0, 0.1) is 0 Å². The number of carbonyl (C=O) groups is 1. The molecule has 0 saturated heterocycles. The molecular weight excluding hydrogens is 248 g/mol. The van der Waals surface area contributed by atoms with Crippen LogP contribution in [-0.4, -0.2) is 28.4 Å². The molecule has 1 aromatic rings. The van der Waals surface area contributed by atoms with Crippen molar-refractivity contribution in [2.75, 3.05) is 5.75 Å². The van der Waals surface area contributed by atoms with E-state index in [1.807, 2.05) is 0 Å². The molecule has 0 aromatic heterocycles. The topological polar surface area (TPSA) is 57.5 Å². The predicted octanol–water partition coefficient (Wildman–Crippen LogP) is 1.87. The van der Waals surface area contributed by atoms with Crippen LogP contribution in [0.25, 0.3) is 0 Å². The van der Waals surface area contributed by atoms with Crippen molar-refractivity contribution in [3.63, 3.8) is 0 Å². The molecule has 0 aliphatic carbocycles. The van der Waals surface area contributed by atoms with Crippen LogP contribution >= 0.6 is 24.2 Å². The number of thiol groups is 1. The summed E-state index contributed by atoms with van der Waals surface area (Å²) >= 11 is 9.79. The van der Waals surface area contributed by atoms with Gasteiger partial charge in [0.1, 0.15) is 6.10 Å². The molecule has 2 N–H and O–H groups in total. The van der Waals surface area contributed by atoms with Crippen molar-refractivity contribution in [2.45, 2.75) is 18.6 Å². The minimum absolute atomic E-state index is 0.217. The average molecular weight is 261 g/mol. The maximum absolute atomic E-state index is 10.8. The highest BCUT2D eigenvalue weighted by Crippen LogP contribution is 2.26. The molecule has 5 heteroatoms. The Morgan fingerprint density at radius 1 is 1.44 bits per heavy atom. The third-order valence-corrected chi connectivity index (χ3v) is 2.90. The summed E-state index contributed by atoms with van der Waals surface area (Å²) in [5, 5.41) is 19.7. The first-order chi connectivity index (χ1) is 7.61. The van der Waals surface area contributed by atoms with Crippen molar-refractivity contribution in [2.24, 2.45) is 0 Å². The van der Waals surface area contributed by atoms with Crippen LogP contribution in [0.15, 0.2) is 18.2 Å². The van der Waals surface area contributed by atoms with Gasteiger partial charge in [0.15, 0.2) is 6.29 Å². The van der Waals surface area contributed by atoms with Crippen LogP contribution < -0.4 is 0 Å². The highest BCUT2D eigenvalue weighted by molar-refractivity contribution is 7.80. The van der Waals surface area contributed by atoms with Gasteiger partial charge < -0.3 is 10.2 Å². The molecule has 16 heavy (non-hydrogen) atoms. The van der Waals surface area contributed by atoms with E-state index < -0.39 is 12.2 Å². The molecule has 0 amide bonds. The van der Waals surface area contributed by atoms with Crippen molar-refractivity contribution in [1.29, 1.82) is 0 Å². The van der Waals surface area contributed by atoms with Crippen molar-refractivity contribution in [3.8, 4) is 0 Å². The molecule has 2 atom stereocenters. The summed E-state index contributed by atoms with van der Waals surface area (Å²) in [6.07, 6.45) is -1.15. The Hall–Kier alpha value is -0.550. The first kappa shape index (κ1) is 13.5. The van der Waals surface area contributed by atoms with Crippen LogP contribution in [0.5, 0.6) is 0 Å². The number of rotatable bonds is 5. The third-order valence-electron chi connectivity index (χ3n) is 2.31. The van der Waals surface area contributed by atoms with E-state index in [4.69, 9.17) is 11.6 Å². The van der Waals surface area contributed by atoms with E-state index in [9.17, 15) is 15.0 Å². The number of hydrogen-bond donors (Lipinski definition) is 3. The molecule has 0 heterocycles. The zero-order chi connectivity index (χ0) is 12.1.